The monoisotopic (exact) mass is 571 g/mol. The third kappa shape index (κ3) is 6.38. The van der Waals surface area contributed by atoms with E-state index in [4.69, 9.17) is 0 Å². The van der Waals surface area contributed by atoms with Gasteiger partial charge in [-0.2, -0.15) is 4.68 Å². The van der Waals surface area contributed by atoms with Gasteiger partial charge >= 0.3 is 6.36 Å². The van der Waals surface area contributed by atoms with Crippen LogP contribution in [0.3, 0.4) is 0 Å². The molecule has 1 aliphatic rings. The Morgan fingerprint density at radius 3 is 2.45 bits per heavy atom. The Bertz CT molecular complexity index is 1490. The van der Waals surface area contributed by atoms with Crippen LogP contribution in [-0.4, -0.2) is 52.5 Å². The average molecular weight is 572 g/mol. The predicted octanol–water partition coefficient (Wildman–Crippen LogP) is 4.23. The van der Waals surface area contributed by atoms with E-state index in [-0.39, 0.29) is 23.2 Å². The van der Waals surface area contributed by atoms with E-state index in [1.165, 1.54) is 10.9 Å². The van der Waals surface area contributed by atoms with Crippen molar-refractivity contribution in [1.82, 2.24) is 25.1 Å². The van der Waals surface area contributed by atoms with E-state index in [0.717, 1.165) is 42.6 Å². The minimum Gasteiger partial charge on any atom is -0.406 e. The molecule has 0 aliphatic heterocycles. The number of ketones is 1. The van der Waals surface area contributed by atoms with Crippen molar-refractivity contribution in [2.75, 3.05) is 6.26 Å². The van der Waals surface area contributed by atoms with Gasteiger partial charge in [0.05, 0.1) is 22.0 Å². The molecule has 3 aromatic rings. The van der Waals surface area contributed by atoms with Crippen molar-refractivity contribution in [2.24, 2.45) is 5.92 Å². The number of carbonyl (C=O) groups is 2. The first-order valence-corrected chi connectivity index (χ1v) is 14.2. The summed E-state index contributed by atoms with van der Waals surface area (Å²) in [5.74, 6) is -1.01. The second kappa shape index (κ2) is 10.1. The zero-order valence-electron chi connectivity index (χ0n) is 20.7. The van der Waals surface area contributed by atoms with Gasteiger partial charge in [0.15, 0.2) is 27.3 Å². The number of carbonyl (C=O) groups excluding carboxylic acids is 2. The summed E-state index contributed by atoms with van der Waals surface area (Å²) < 4.78 is 67.7. The number of hydrogen-bond acceptors (Lipinski definition) is 9. The molecule has 0 unspecified atom stereocenters. The van der Waals surface area contributed by atoms with Crippen LogP contribution in [0.15, 0.2) is 29.3 Å². The first-order chi connectivity index (χ1) is 17.6. The Labute approximate surface area is 220 Å². The molecule has 0 radical (unpaired) electrons. The van der Waals surface area contributed by atoms with Gasteiger partial charge in [0, 0.05) is 23.7 Å². The van der Waals surface area contributed by atoms with E-state index in [2.05, 4.69) is 25.1 Å². The Morgan fingerprint density at radius 2 is 1.87 bits per heavy atom. The minimum absolute atomic E-state index is 0.0816. The Hall–Kier alpha value is -3.33. The minimum atomic E-state index is -5.09. The number of ether oxygens (including phenoxy) is 1. The molecule has 15 heteroatoms. The number of alkyl halides is 3. The quantitative estimate of drug-likeness (QED) is 0.377. The smallest absolute Gasteiger partial charge is 0.406 e. The van der Waals surface area contributed by atoms with E-state index in [0.29, 0.717) is 27.7 Å². The van der Waals surface area contributed by atoms with Crippen molar-refractivity contribution < 1.29 is 35.9 Å². The van der Waals surface area contributed by atoms with E-state index in [1.54, 1.807) is 20.8 Å². The van der Waals surface area contributed by atoms with Crippen molar-refractivity contribution in [3.8, 4) is 10.9 Å². The van der Waals surface area contributed by atoms with Crippen LogP contribution in [0.25, 0.3) is 5.13 Å². The molecule has 1 saturated carbocycles. The number of benzene rings is 1. The molecular formula is C23H24F3N5O5S2. The highest BCUT2D eigenvalue weighted by atomic mass is 32.2. The van der Waals surface area contributed by atoms with Crippen LogP contribution in [0, 0.1) is 5.92 Å². The topological polar surface area (TPSA) is 133 Å². The zero-order valence-corrected chi connectivity index (χ0v) is 22.4. The molecule has 1 atom stereocenters. The summed E-state index contributed by atoms with van der Waals surface area (Å²) in [5, 5.41) is 7.52. The van der Waals surface area contributed by atoms with Crippen LogP contribution in [0.5, 0.6) is 5.75 Å². The molecule has 0 bridgehead atoms. The van der Waals surface area contributed by atoms with E-state index in [9.17, 15) is 31.2 Å². The van der Waals surface area contributed by atoms with Crippen LogP contribution in [0.4, 0.5) is 13.2 Å². The first-order valence-electron chi connectivity index (χ1n) is 11.5. The lowest BCUT2D eigenvalue weighted by Crippen LogP contribution is -2.29. The maximum absolute atomic E-state index is 13.0. The number of halogens is 3. The first kappa shape index (κ1) is 27.7. The van der Waals surface area contributed by atoms with E-state index in [1.807, 2.05) is 0 Å². The molecule has 2 aromatic heterocycles. The van der Waals surface area contributed by atoms with E-state index >= 15 is 0 Å². The average Bonchev–Trinajstić information content (AvgIpc) is 3.36. The lowest BCUT2D eigenvalue weighted by Gasteiger charge is -2.15. The zero-order chi connectivity index (χ0) is 28.0. The van der Waals surface area contributed by atoms with Gasteiger partial charge in [-0.25, -0.2) is 18.4 Å². The number of rotatable bonds is 9. The molecule has 4 rings (SSSR count). The number of nitrogens with one attached hydrogen (secondary N) is 1. The Kier molecular flexibility index (Phi) is 7.36. The summed E-state index contributed by atoms with van der Waals surface area (Å²) in [4.78, 5) is 34.2. The number of Topliss-reactive ketones (excluding diaryl/α,β-unsaturated/α-hetero) is 1. The second-order valence-corrected chi connectivity index (χ2v) is 12.3. The second-order valence-electron chi connectivity index (χ2n) is 9.25. The molecule has 1 amide bonds. The van der Waals surface area contributed by atoms with Crippen molar-refractivity contribution >= 4 is 32.9 Å². The SMILES string of the molecule is CC(C)C(=O)c1cnc(-n2nc(C3CC3)nc2[C@H](C)NC(=O)c2cc(OC(F)(F)F)cc(S(C)(=O)=O)c2)s1. The Morgan fingerprint density at radius 1 is 1.18 bits per heavy atom. The maximum atomic E-state index is 13.0. The van der Waals surface area contributed by atoms with Crippen molar-refractivity contribution in [3.63, 3.8) is 0 Å². The van der Waals surface area contributed by atoms with Gasteiger partial charge in [-0.05, 0) is 38.0 Å². The number of hydrogen-bond donors (Lipinski definition) is 1. The molecule has 1 fully saturated rings. The highest BCUT2D eigenvalue weighted by molar-refractivity contribution is 7.90. The summed E-state index contributed by atoms with van der Waals surface area (Å²) >= 11 is 1.12. The van der Waals surface area contributed by atoms with Crippen molar-refractivity contribution in [3.05, 3.63) is 46.5 Å². The highest BCUT2D eigenvalue weighted by Gasteiger charge is 2.33. The third-order valence-electron chi connectivity index (χ3n) is 5.57. The molecule has 1 aromatic carbocycles. The fourth-order valence-electron chi connectivity index (χ4n) is 3.49. The number of amides is 1. The standard InChI is InChI=1S/C23H24F3N5O5S2/c1-11(2)18(32)17-10-27-22(37-17)31-20(29-19(30-31)13-5-6-13)12(3)28-21(33)14-7-15(36-23(24,25)26)9-16(8-14)38(4,34)35/h7-13H,5-6H2,1-4H3,(H,28,33)/t12-/m0/s1. The number of nitrogens with zero attached hydrogens (tertiary/aromatic N) is 4. The largest absolute Gasteiger partial charge is 0.573 e. The van der Waals surface area contributed by atoms with Crippen LogP contribution >= 0.6 is 11.3 Å². The predicted molar refractivity (Wildman–Crippen MR) is 130 cm³/mol. The lowest BCUT2D eigenvalue weighted by atomic mass is 10.1. The van der Waals surface area contributed by atoms with Crippen molar-refractivity contribution in [1.29, 1.82) is 0 Å². The molecule has 1 aliphatic carbocycles. The summed E-state index contributed by atoms with van der Waals surface area (Å²) in [6.07, 6.45) is -1.03. The van der Waals surface area contributed by atoms with Crippen LogP contribution in [0.2, 0.25) is 0 Å². The van der Waals surface area contributed by atoms with Gasteiger partial charge in [0.1, 0.15) is 5.75 Å². The van der Waals surface area contributed by atoms with Crippen LogP contribution in [-0.2, 0) is 9.84 Å². The van der Waals surface area contributed by atoms with Crippen molar-refractivity contribution in [2.45, 2.75) is 56.8 Å². The summed E-state index contributed by atoms with van der Waals surface area (Å²) in [5.41, 5.74) is -0.355. The van der Waals surface area contributed by atoms with Gasteiger partial charge in [0.25, 0.3) is 5.91 Å². The summed E-state index contributed by atoms with van der Waals surface area (Å²) in [6, 6.07) is 1.64. The molecule has 1 N–H and O–H groups in total. The lowest BCUT2D eigenvalue weighted by molar-refractivity contribution is -0.274. The summed E-state index contributed by atoms with van der Waals surface area (Å²) in [7, 11) is -3.96. The molecule has 10 nitrogen and oxygen atoms in total. The van der Waals surface area contributed by atoms with Crippen LogP contribution in [0.1, 0.15) is 77.3 Å². The normalized spacial score (nSPS) is 14.9. The number of thiazole rings is 1. The van der Waals surface area contributed by atoms with Gasteiger partial charge in [-0.1, -0.05) is 25.2 Å². The summed E-state index contributed by atoms with van der Waals surface area (Å²) in [6.45, 7) is 5.14. The van der Waals surface area contributed by atoms with Gasteiger partial charge < -0.3 is 10.1 Å². The van der Waals surface area contributed by atoms with Crippen LogP contribution < -0.4 is 10.1 Å². The fourth-order valence-corrected chi connectivity index (χ4v) is 5.13. The molecule has 2 heterocycles. The fraction of sp³-hybridized carbons (Fsp3) is 0.435. The van der Waals surface area contributed by atoms with Gasteiger partial charge in [-0.15, -0.1) is 18.3 Å². The molecule has 0 saturated heterocycles. The number of sulfone groups is 1. The Balaban J connectivity index is 1.65. The maximum Gasteiger partial charge on any atom is 0.573 e. The molecule has 0 spiro atoms. The number of aromatic nitrogens is 4. The molecule has 38 heavy (non-hydrogen) atoms. The molecular weight excluding hydrogens is 547 g/mol. The van der Waals surface area contributed by atoms with Gasteiger partial charge in [-0.3, -0.25) is 9.59 Å². The molecule has 204 valence electrons. The third-order valence-corrected chi connectivity index (χ3v) is 7.65. The van der Waals surface area contributed by atoms with Gasteiger partial charge in [0.2, 0.25) is 5.13 Å². The highest BCUT2D eigenvalue weighted by Crippen LogP contribution is 2.39. The van der Waals surface area contributed by atoms with E-state index < -0.39 is 38.8 Å².